The number of nitrogens with one attached hydrogen (secondary N) is 2. The Labute approximate surface area is 213 Å². The largest absolute Gasteiger partial charge is 0.416 e. The Balaban J connectivity index is 1.72. The Kier molecular flexibility index (Phi) is 9.35. The van der Waals surface area contributed by atoms with Gasteiger partial charge >= 0.3 is 6.18 Å². The normalized spacial score (nSPS) is 13.2. The lowest BCUT2D eigenvalue weighted by Gasteiger charge is -2.20. The van der Waals surface area contributed by atoms with Crippen molar-refractivity contribution in [2.45, 2.75) is 32.0 Å². The lowest BCUT2D eigenvalue weighted by atomic mass is 10.00. The third kappa shape index (κ3) is 7.62. The summed E-state index contributed by atoms with van der Waals surface area (Å²) in [6.07, 6.45) is 2.54. The topological polar surface area (TPSA) is 95.6 Å². The number of halogens is 3. The zero-order valence-electron chi connectivity index (χ0n) is 20.5. The summed E-state index contributed by atoms with van der Waals surface area (Å²) in [5.74, 6) is -0.0563. The summed E-state index contributed by atoms with van der Waals surface area (Å²) < 4.78 is 42.3. The Hall–Kier alpha value is -4.23. The van der Waals surface area contributed by atoms with E-state index in [-0.39, 0.29) is 25.0 Å². The molecular weight excluding hydrogens is 481 g/mol. The molecule has 1 aromatic carbocycles. The van der Waals surface area contributed by atoms with Crippen LogP contribution in [0.1, 0.15) is 31.4 Å². The molecule has 37 heavy (non-hydrogen) atoms. The number of anilines is 1. The van der Waals surface area contributed by atoms with Crippen molar-refractivity contribution in [1.82, 2.24) is 20.1 Å². The van der Waals surface area contributed by atoms with Crippen LogP contribution in [0.3, 0.4) is 0 Å². The van der Waals surface area contributed by atoms with Gasteiger partial charge in [0.25, 0.3) is 0 Å². The number of benzene rings is 1. The highest BCUT2D eigenvalue weighted by Gasteiger charge is 2.35. The van der Waals surface area contributed by atoms with E-state index in [2.05, 4.69) is 20.7 Å². The second kappa shape index (κ2) is 12.6. The van der Waals surface area contributed by atoms with Crippen molar-refractivity contribution in [3.8, 4) is 17.2 Å². The number of amides is 1. The molecule has 2 N–H and O–H groups in total. The molecular formula is C27H27F3N6O. The van der Waals surface area contributed by atoms with Gasteiger partial charge in [0.15, 0.2) is 0 Å². The van der Waals surface area contributed by atoms with Gasteiger partial charge in [-0.15, -0.1) is 0 Å². The number of aromatic nitrogens is 3. The number of carbonyl (C=O) groups excluding carboxylic acids is 1. The number of pyridine rings is 1. The monoisotopic (exact) mass is 508 g/mol. The van der Waals surface area contributed by atoms with Crippen LogP contribution in [-0.2, 0) is 11.8 Å². The minimum atomic E-state index is -4.58. The van der Waals surface area contributed by atoms with E-state index in [9.17, 15) is 18.0 Å². The smallest absolute Gasteiger partial charge is 0.309 e. The first kappa shape index (κ1) is 27.4. The molecule has 0 fully saturated rings. The van der Waals surface area contributed by atoms with Crippen molar-refractivity contribution in [3.05, 3.63) is 89.9 Å². The van der Waals surface area contributed by atoms with E-state index < -0.39 is 23.7 Å². The number of rotatable bonds is 10. The van der Waals surface area contributed by atoms with Crippen LogP contribution in [0.2, 0.25) is 0 Å². The summed E-state index contributed by atoms with van der Waals surface area (Å²) in [5, 5.41) is 18.7. The van der Waals surface area contributed by atoms with Gasteiger partial charge in [-0.3, -0.25) is 9.48 Å². The van der Waals surface area contributed by atoms with E-state index in [1.807, 2.05) is 25.4 Å². The molecule has 3 rings (SSSR count). The van der Waals surface area contributed by atoms with E-state index in [0.29, 0.717) is 11.4 Å². The van der Waals surface area contributed by atoms with Crippen LogP contribution in [-0.4, -0.2) is 33.4 Å². The predicted molar refractivity (Wildman–Crippen MR) is 135 cm³/mol. The molecule has 0 aliphatic carbocycles. The maximum absolute atomic E-state index is 13.5. The van der Waals surface area contributed by atoms with Crippen molar-refractivity contribution >= 4 is 11.7 Å². The van der Waals surface area contributed by atoms with Gasteiger partial charge in [-0.2, -0.15) is 23.5 Å². The maximum Gasteiger partial charge on any atom is 0.416 e. The summed E-state index contributed by atoms with van der Waals surface area (Å²) in [6.45, 7) is 1.61. The molecule has 192 valence electrons. The zero-order valence-corrected chi connectivity index (χ0v) is 20.5. The predicted octanol–water partition coefficient (Wildman–Crippen LogP) is 5.49. The van der Waals surface area contributed by atoms with Gasteiger partial charge in [0, 0.05) is 37.1 Å². The molecule has 0 aliphatic rings. The number of nitriles is 1. The SMILES string of the molecule is C/C=C(CCNC(C(=O)Nc1ccc(-c2cnn(C)c2)cn1)c1ccccc1)\C(=C/CC#N)C(F)(F)F. The van der Waals surface area contributed by atoms with Crippen LogP contribution in [0.25, 0.3) is 11.1 Å². The number of hydrogen-bond acceptors (Lipinski definition) is 5. The second-order valence-electron chi connectivity index (χ2n) is 8.16. The highest BCUT2D eigenvalue weighted by molar-refractivity contribution is 5.95. The fourth-order valence-corrected chi connectivity index (χ4v) is 3.78. The first-order valence-electron chi connectivity index (χ1n) is 11.6. The number of aryl methyl sites for hydroxylation is 1. The summed E-state index contributed by atoms with van der Waals surface area (Å²) >= 11 is 0. The first-order valence-corrected chi connectivity index (χ1v) is 11.6. The van der Waals surface area contributed by atoms with Gasteiger partial charge in [0.2, 0.25) is 5.91 Å². The molecule has 3 aromatic rings. The zero-order chi connectivity index (χ0) is 26.8. The quantitative estimate of drug-likeness (QED) is 0.353. The summed E-state index contributed by atoms with van der Waals surface area (Å²) in [4.78, 5) is 17.5. The Bertz CT molecular complexity index is 1290. The highest BCUT2D eigenvalue weighted by atomic mass is 19.4. The molecule has 1 atom stereocenters. The number of nitrogens with zero attached hydrogens (tertiary/aromatic N) is 4. The fourth-order valence-electron chi connectivity index (χ4n) is 3.78. The van der Waals surface area contributed by atoms with Gasteiger partial charge in [-0.25, -0.2) is 4.98 Å². The van der Waals surface area contributed by atoms with Crippen LogP contribution in [0.5, 0.6) is 0 Å². The van der Waals surface area contributed by atoms with Crippen LogP contribution in [0, 0.1) is 11.3 Å². The molecule has 2 heterocycles. The molecule has 0 saturated carbocycles. The Morgan fingerprint density at radius 1 is 1.16 bits per heavy atom. The van der Waals surface area contributed by atoms with E-state index in [1.165, 1.54) is 13.0 Å². The molecule has 0 aliphatic heterocycles. The van der Waals surface area contributed by atoms with Crippen LogP contribution in [0.4, 0.5) is 19.0 Å². The van der Waals surface area contributed by atoms with E-state index in [4.69, 9.17) is 5.26 Å². The molecule has 0 radical (unpaired) electrons. The molecule has 1 amide bonds. The lowest BCUT2D eigenvalue weighted by Crippen LogP contribution is -2.34. The van der Waals surface area contributed by atoms with Gasteiger partial charge in [0.1, 0.15) is 11.9 Å². The maximum atomic E-state index is 13.5. The van der Waals surface area contributed by atoms with Crippen LogP contribution in [0.15, 0.2) is 84.4 Å². The van der Waals surface area contributed by atoms with E-state index in [1.54, 1.807) is 53.5 Å². The van der Waals surface area contributed by atoms with Crippen LogP contribution < -0.4 is 10.6 Å². The molecule has 7 nitrogen and oxygen atoms in total. The third-order valence-electron chi connectivity index (χ3n) is 5.59. The number of carbonyl (C=O) groups is 1. The molecule has 0 saturated heterocycles. The number of allylic oxidation sites excluding steroid dienone is 3. The van der Waals surface area contributed by atoms with Gasteiger partial charge < -0.3 is 10.6 Å². The van der Waals surface area contributed by atoms with Crippen molar-refractivity contribution in [3.63, 3.8) is 0 Å². The molecule has 2 aromatic heterocycles. The molecule has 0 bridgehead atoms. The summed E-state index contributed by atoms with van der Waals surface area (Å²) in [7, 11) is 1.81. The third-order valence-corrected chi connectivity index (χ3v) is 5.59. The summed E-state index contributed by atoms with van der Waals surface area (Å²) in [6, 6.07) is 13.3. The fraction of sp³-hybridized carbons (Fsp3) is 0.259. The minimum absolute atomic E-state index is 0.0158. The van der Waals surface area contributed by atoms with Gasteiger partial charge in [-0.05, 0) is 36.6 Å². The Morgan fingerprint density at radius 3 is 2.49 bits per heavy atom. The Morgan fingerprint density at radius 2 is 1.92 bits per heavy atom. The minimum Gasteiger partial charge on any atom is -0.309 e. The van der Waals surface area contributed by atoms with E-state index in [0.717, 1.165) is 17.2 Å². The number of alkyl halides is 3. The van der Waals surface area contributed by atoms with Crippen LogP contribution >= 0.6 is 0 Å². The van der Waals surface area contributed by atoms with Gasteiger partial charge in [0.05, 0.1) is 24.3 Å². The van der Waals surface area contributed by atoms with Gasteiger partial charge in [-0.1, -0.05) is 42.5 Å². The van der Waals surface area contributed by atoms with Crippen molar-refractivity contribution in [2.24, 2.45) is 7.05 Å². The first-order chi connectivity index (χ1) is 17.7. The number of hydrogen-bond donors (Lipinski definition) is 2. The second-order valence-corrected chi connectivity index (χ2v) is 8.16. The van der Waals surface area contributed by atoms with E-state index >= 15 is 0 Å². The standard InChI is InChI=1S/C27H27F3N6O/c1-3-19(23(10-7-14-31)27(28,29)30)13-15-32-25(20-8-5-4-6-9-20)26(37)35-24-12-11-21(16-33-24)22-17-34-36(2)18-22/h3-6,8-12,16-18,25,32H,7,13,15H2,1-2H3,(H,33,35,37)/b19-3-,23-10+. The summed E-state index contributed by atoms with van der Waals surface area (Å²) in [5.41, 5.74) is 1.60. The average molecular weight is 509 g/mol. The molecule has 1 unspecified atom stereocenters. The van der Waals surface area contributed by atoms with Crippen molar-refractivity contribution in [2.75, 3.05) is 11.9 Å². The lowest BCUT2D eigenvalue weighted by molar-refractivity contribution is -0.118. The average Bonchev–Trinajstić information content (AvgIpc) is 3.31. The van der Waals surface area contributed by atoms with Crippen molar-refractivity contribution < 1.29 is 18.0 Å². The highest BCUT2D eigenvalue weighted by Crippen LogP contribution is 2.33. The van der Waals surface area contributed by atoms with Crippen molar-refractivity contribution in [1.29, 1.82) is 5.26 Å². The molecule has 0 spiro atoms. The molecule has 10 heteroatoms.